The minimum absolute atomic E-state index is 0.0136. The van der Waals surface area contributed by atoms with Gasteiger partial charge >= 0.3 is 6.09 Å². The third kappa shape index (κ3) is 8.92. The van der Waals surface area contributed by atoms with Gasteiger partial charge in [0.1, 0.15) is 11.6 Å². The Kier molecular flexibility index (Phi) is 12.4. The molecule has 0 spiro atoms. The van der Waals surface area contributed by atoms with E-state index in [9.17, 15) is 14.4 Å². The number of nitrogens with one attached hydrogen (secondary N) is 4. The summed E-state index contributed by atoms with van der Waals surface area (Å²) in [6.07, 6.45) is 7.72. The standard InChI is InChI=1S/C43H51N9O5/c1-27(2)38(57-43(55)44-3)42(54)52-22-8-11-37(52)40-47-25-35(50-40)31-18-14-29(15-19-31)28-12-16-30(17-13-28)34-24-46-39(49-34)36-10-7-21-51(36)41(53)33(48-26-56-4)23-32-9-5-6-20-45-32/h5-6,9,12-20,24-25,27,33,36-38,48H,7-8,10-11,21-23,26H2,1-4H3,(H,44,55)(H,46,49)(H,47,50)/t33-,36-,37-,38-/m0/s1. The van der Waals surface area contributed by atoms with E-state index in [1.165, 1.54) is 7.05 Å². The molecule has 2 aromatic carbocycles. The van der Waals surface area contributed by atoms with Gasteiger partial charge in [-0.05, 0) is 66.0 Å². The second kappa shape index (κ2) is 17.9. The maximum atomic E-state index is 13.9. The van der Waals surface area contributed by atoms with Crippen LogP contribution in [0.2, 0.25) is 0 Å². The molecule has 2 aliphatic heterocycles. The van der Waals surface area contributed by atoms with E-state index in [1.807, 2.05) is 43.1 Å². The van der Waals surface area contributed by atoms with Gasteiger partial charge in [-0.1, -0.05) is 68.4 Å². The van der Waals surface area contributed by atoms with Crippen LogP contribution in [0.4, 0.5) is 4.79 Å². The monoisotopic (exact) mass is 773 g/mol. The SMILES string of the molecule is CNC(=O)O[C@H](C(=O)N1CCC[C@H]1c1ncc(-c2ccc(-c3ccc(-c4cnc([C@@H]5CCCN5C(=O)[C@H](Cc5ccccn5)NCOC)[nH]4)cc3)cc2)[nH]1)C(C)C. The Morgan fingerprint density at radius 1 is 0.772 bits per heavy atom. The average Bonchev–Trinajstić information content (AvgIpc) is 4.08. The first-order chi connectivity index (χ1) is 27.7. The fraction of sp³-hybridized carbons (Fsp3) is 0.395. The van der Waals surface area contributed by atoms with E-state index in [-0.39, 0.29) is 36.5 Å². The van der Waals surface area contributed by atoms with Crippen molar-refractivity contribution < 1.29 is 23.9 Å². The predicted molar refractivity (Wildman–Crippen MR) is 215 cm³/mol. The zero-order valence-electron chi connectivity index (χ0n) is 32.9. The smallest absolute Gasteiger partial charge is 0.407 e. The largest absolute Gasteiger partial charge is 0.436 e. The number of carbonyl (C=O) groups is 3. The molecule has 0 saturated carbocycles. The number of carbonyl (C=O) groups excluding carboxylic acids is 3. The summed E-state index contributed by atoms with van der Waals surface area (Å²) in [5, 5.41) is 5.68. The number of hydrogen-bond acceptors (Lipinski definition) is 9. The van der Waals surface area contributed by atoms with Gasteiger partial charge in [-0.3, -0.25) is 19.9 Å². The summed E-state index contributed by atoms with van der Waals surface area (Å²) in [6.45, 7) is 5.25. The molecule has 2 aliphatic rings. The number of H-pyrrole nitrogens is 2. The van der Waals surface area contributed by atoms with E-state index >= 15 is 0 Å². The third-order valence-electron chi connectivity index (χ3n) is 10.8. The van der Waals surface area contributed by atoms with Gasteiger partial charge in [0.05, 0.1) is 48.6 Å². The third-order valence-corrected chi connectivity index (χ3v) is 10.8. The molecule has 5 aromatic rings. The summed E-state index contributed by atoms with van der Waals surface area (Å²) in [7, 11) is 3.09. The van der Waals surface area contributed by atoms with Gasteiger partial charge in [-0.25, -0.2) is 14.8 Å². The molecule has 7 rings (SSSR count). The van der Waals surface area contributed by atoms with Crippen LogP contribution in [0.3, 0.4) is 0 Å². The summed E-state index contributed by atoms with van der Waals surface area (Å²) >= 11 is 0. The highest BCUT2D eigenvalue weighted by atomic mass is 16.6. The number of aromatic amines is 2. The number of alkyl carbamates (subject to hydrolysis) is 1. The molecule has 14 heteroatoms. The van der Waals surface area contributed by atoms with Crippen LogP contribution in [0, 0.1) is 5.92 Å². The highest BCUT2D eigenvalue weighted by Crippen LogP contribution is 2.35. The van der Waals surface area contributed by atoms with Crippen LogP contribution in [0.1, 0.15) is 69.0 Å². The number of aromatic nitrogens is 5. The van der Waals surface area contributed by atoms with Gasteiger partial charge in [0.15, 0.2) is 6.10 Å². The molecular formula is C43H51N9O5. The molecule has 4 atom stereocenters. The molecule has 0 radical (unpaired) electrons. The average molecular weight is 774 g/mol. The maximum Gasteiger partial charge on any atom is 0.407 e. The van der Waals surface area contributed by atoms with Crippen LogP contribution >= 0.6 is 0 Å². The van der Waals surface area contributed by atoms with Gasteiger partial charge in [0.2, 0.25) is 5.91 Å². The van der Waals surface area contributed by atoms with E-state index in [0.29, 0.717) is 19.5 Å². The zero-order chi connectivity index (χ0) is 39.9. The van der Waals surface area contributed by atoms with Gasteiger partial charge in [0.25, 0.3) is 5.91 Å². The number of likely N-dealkylation sites (tertiary alicyclic amines) is 2. The molecule has 2 saturated heterocycles. The Balaban J connectivity index is 0.994. The molecule has 298 valence electrons. The molecule has 14 nitrogen and oxygen atoms in total. The van der Waals surface area contributed by atoms with E-state index in [4.69, 9.17) is 14.5 Å². The summed E-state index contributed by atoms with van der Waals surface area (Å²) < 4.78 is 10.7. The van der Waals surface area contributed by atoms with E-state index in [1.54, 1.807) is 24.4 Å². The van der Waals surface area contributed by atoms with Crippen molar-refractivity contribution in [1.82, 2.24) is 45.4 Å². The van der Waals surface area contributed by atoms with Crippen molar-refractivity contribution in [3.05, 3.63) is 103 Å². The zero-order valence-corrected chi connectivity index (χ0v) is 32.9. The number of imidazole rings is 2. The first-order valence-electron chi connectivity index (χ1n) is 19.7. The van der Waals surface area contributed by atoms with Crippen molar-refractivity contribution in [3.63, 3.8) is 0 Å². The molecule has 4 N–H and O–H groups in total. The van der Waals surface area contributed by atoms with E-state index in [0.717, 1.165) is 76.7 Å². The molecule has 0 unspecified atom stereocenters. The van der Waals surface area contributed by atoms with Crippen LogP contribution in [0.25, 0.3) is 33.6 Å². The Hall–Kier alpha value is -5.86. The summed E-state index contributed by atoms with van der Waals surface area (Å²) in [6, 6.07) is 21.5. The fourth-order valence-corrected chi connectivity index (χ4v) is 7.79. The summed E-state index contributed by atoms with van der Waals surface area (Å²) in [5.74, 6) is 1.14. The Morgan fingerprint density at radius 2 is 1.32 bits per heavy atom. The second-order valence-corrected chi connectivity index (χ2v) is 14.9. The van der Waals surface area contributed by atoms with Gasteiger partial charge in [-0.2, -0.15) is 0 Å². The van der Waals surface area contributed by atoms with Crippen LogP contribution in [0.5, 0.6) is 0 Å². The number of benzene rings is 2. The van der Waals surface area contributed by atoms with Crippen molar-refractivity contribution >= 4 is 17.9 Å². The first kappa shape index (κ1) is 39.4. The van der Waals surface area contributed by atoms with Crippen LogP contribution < -0.4 is 10.6 Å². The Bertz CT molecular complexity index is 2120. The van der Waals surface area contributed by atoms with Gasteiger partial charge < -0.3 is 34.6 Å². The lowest BCUT2D eigenvalue weighted by Crippen LogP contribution is -2.48. The van der Waals surface area contributed by atoms with Crippen molar-refractivity contribution in [2.24, 2.45) is 5.92 Å². The lowest BCUT2D eigenvalue weighted by atomic mass is 10.0. The number of rotatable bonds is 14. The van der Waals surface area contributed by atoms with E-state index < -0.39 is 18.2 Å². The van der Waals surface area contributed by atoms with Crippen LogP contribution in [-0.4, -0.2) is 98.8 Å². The fourth-order valence-electron chi connectivity index (χ4n) is 7.79. The van der Waals surface area contributed by atoms with Crippen molar-refractivity contribution in [3.8, 4) is 33.6 Å². The molecule has 5 heterocycles. The molecule has 0 aliphatic carbocycles. The molecule has 0 bridgehead atoms. The summed E-state index contributed by atoms with van der Waals surface area (Å²) in [4.78, 5) is 63.8. The van der Waals surface area contributed by atoms with Gasteiger partial charge in [-0.15, -0.1) is 0 Å². The molecule has 3 amide bonds. The van der Waals surface area contributed by atoms with Gasteiger partial charge in [0, 0.05) is 45.6 Å². The first-order valence-corrected chi connectivity index (χ1v) is 19.7. The Morgan fingerprint density at radius 3 is 1.81 bits per heavy atom. The summed E-state index contributed by atoms with van der Waals surface area (Å²) in [5.41, 5.74) is 6.73. The number of hydrogen-bond donors (Lipinski definition) is 4. The topological polar surface area (TPSA) is 170 Å². The molecule has 2 fully saturated rings. The van der Waals surface area contributed by atoms with Crippen molar-refractivity contribution in [1.29, 1.82) is 0 Å². The lowest BCUT2D eigenvalue weighted by Gasteiger charge is -2.29. The molecule has 57 heavy (non-hydrogen) atoms. The predicted octanol–water partition coefficient (Wildman–Crippen LogP) is 6.04. The highest BCUT2D eigenvalue weighted by molar-refractivity contribution is 5.84. The quantitative estimate of drug-likeness (QED) is 0.0983. The molecular weight excluding hydrogens is 723 g/mol. The number of ether oxygens (including phenoxy) is 2. The highest BCUT2D eigenvalue weighted by Gasteiger charge is 2.39. The second-order valence-electron chi connectivity index (χ2n) is 14.9. The lowest BCUT2D eigenvalue weighted by molar-refractivity contribution is -0.143. The van der Waals surface area contributed by atoms with Crippen molar-refractivity contribution in [2.75, 3.05) is 34.0 Å². The van der Waals surface area contributed by atoms with Crippen LogP contribution in [-0.2, 0) is 25.5 Å². The number of methoxy groups -OCH3 is 1. The minimum Gasteiger partial charge on any atom is -0.436 e. The number of amides is 3. The Labute approximate surface area is 332 Å². The normalized spacial score (nSPS) is 17.8. The van der Waals surface area contributed by atoms with E-state index in [2.05, 4.69) is 79.1 Å². The number of nitrogens with zero attached hydrogens (tertiary/aromatic N) is 5. The van der Waals surface area contributed by atoms with Crippen molar-refractivity contribution in [2.45, 2.75) is 70.2 Å². The molecule has 3 aromatic heterocycles. The number of pyridine rings is 1. The minimum atomic E-state index is -0.870. The maximum absolute atomic E-state index is 13.9. The van der Waals surface area contributed by atoms with Crippen LogP contribution in [0.15, 0.2) is 85.3 Å².